The summed E-state index contributed by atoms with van der Waals surface area (Å²) in [4.78, 5) is 12.6. The summed E-state index contributed by atoms with van der Waals surface area (Å²) in [7, 11) is -3.25. The van der Waals surface area contributed by atoms with Crippen LogP contribution in [0.15, 0.2) is 62.6 Å². The fraction of sp³-hybridized carbons (Fsp3) is 0.286. The maximum Gasteiger partial charge on any atom is 0.196 e. The highest BCUT2D eigenvalue weighted by Crippen LogP contribution is 2.26. The lowest BCUT2D eigenvalue weighted by molar-refractivity contribution is 0.601. The fourth-order valence-electron chi connectivity index (χ4n) is 2.36. The van der Waals surface area contributed by atoms with Crippen molar-refractivity contribution < 1.29 is 12.8 Å². The van der Waals surface area contributed by atoms with E-state index in [4.69, 9.17) is 4.42 Å². The molecule has 5 heteroatoms. The molecular weight excluding hydrogens is 348 g/mol. The van der Waals surface area contributed by atoms with E-state index >= 15 is 0 Å². The average Bonchev–Trinajstić information content (AvgIpc) is 2.67. The molecule has 3 aromatic rings. The second kappa shape index (κ2) is 9.34. The van der Waals surface area contributed by atoms with Crippen LogP contribution in [0.4, 0.5) is 0 Å². The van der Waals surface area contributed by atoms with Gasteiger partial charge < -0.3 is 4.42 Å². The van der Waals surface area contributed by atoms with Crippen molar-refractivity contribution in [2.75, 3.05) is 6.26 Å². The molecule has 140 valence electrons. The van der Waals surface area contributed by atoms with Gasteiger partial charge >= 0.3 is 0 Å². The largest absolute Gasteiger partial charge is 0.456 e. The van der Waals surface area contributed by atoms with Gasteiger partial charge in [0.15, 0.2) is 15.3 Å². The Hall–Kier alpha value is -2.40. The fourth-order valence-corrected chi connectivity index (χ4v) is 2.99. The van der Waals surface area contributed by atoms with Gasteiger partial charge in [0.25, 0.3) is 0 Å². The molecular formula is C21H26O4S. The lowest BCUT2D eigenvalue weighted by atomic mass is 10.1. The van der Waals surface area contributed by atoms with Crippen LogP contribution in [0.25, 0.3) is 22.3 Å². The smallest absolute Gasteiger partial charge is 0.196 e. The first-order valence-electron chi connectivity index (χ1n) is 8.71. The van der Waals surface area contributed by atoms with Crippen LogP contribution >= 0.6 is 0 Å². The number of benzene rings is 2. The van der Waals surface area contributed by atoms with Crippen molar-refractivity contribution in [3.05, 3.63) is 64.3 Å². The van der Waals surface area contributed by atoms with Gasteiger partial charge in [0, 0.05) is 17.4 Å². The Kier molecular flexibility index (Phi) is 7.77. The Balaban J connectivity index is 0.000000791. The van der Waals surface area contributed by atoms with Crippen LogP contribution in [-0.2, 0) is 9.84 Å². The van der Waals surface area contributed by atoms with Crippen molar-refractivity contribution in [3.63, 3.8) is 0 Å². The molecule has 0 radical (unpaired) electrons. The van der Waals surface area contributed by atoms with E-state index in [9.17, 15) is 13.2 Å². The molecule has 26 heavy (non-hydrogen) atoms. The highest BCUT2D eigenvalue weighted by atomic mass is 32.2. The molecule has 1 heterocycles. The van der Waals surface area contributed by atoms with Gasteiger partial charge in [-0.25, -0.2) is 8.42 Å². The van der Waals surface area contributed by atoms with E-state index < -0.39 is 9.84 Å². The summed E-state index contributed by atoms with van der Waals surface area (Å²) in [6.45, 7) is 9.71. The van der Waals surface area contributed by atoms with E-state index in [1.54, 1.807) is 43.3 Å². The molecule has 0 atom stereocenters. The maximum atomic E-state index is 12.4. The zero-order chi connectivity index (χ0) is 19.9. The van der Waals surface area contributed by atoms with E-state index in [2.05, 4.69) is 0 Å². The highest BCUT2D eigenvalue weighted by Gasteiger charge is 2.13. The molecule has 0 unspecified atom stereocenters. The van der Waals surface area contributed by atoms with Crippen molar-refractivity contribution in [1.29, 1.82) is 0 Å². The molecule has 2 aromatic carbocycles. The predicted octanol–water partition coefficient (Wildman–Crippen LogP) is 5.22. The Morgan fingerprint density at radius 1 is 0.846 bits per heavy atom. The van der Waals surface area contributed by atoms with Crippen LogP contribution < -0.4 is 5.43 Å². The van der Waals surface area contributed by atoms with Gasteiger partial charge in [-0.1, -0.05) is 39.8 Å². The zero-order valence-electron chi connectivity index (χ0n) is 16.2. The molecule has 4 nitrogen and oxygen atoms in total. The van der Waals surface area contributed by atoms with E-state index in [0.29, 0.717) is 27.9 Å². The lowest BCUT2D eigenvalue weighted by Crippen LogP contribution is -2.07. The zero-order valence-corrected chi connectivity index (χ0v) is 17.0. The van der Waals surface area contributed by atoms with Crippen LogP contribution in [0.3, 0.4) is 0 Å². The minimum absolute atomic E-state index is 0.0796. The number of sulfone groups is 1. The van der Waals surface area contributed by atoms with E-state index in [1.165, 1.54) is 12.1 Å². The molecule has 3 rings (SSSR count). The Morgan fingerprint density at radius 3 is 1.92 bits per heavy atom. The molecule has 0 saturated carbocycles. The summed E-state index contributed by atoms with van der Waals surface area (Å²) in [5.41, 5.74) is 1.61. The normalized spacial score (nSPS) is 10.4. The molecule has 0 bridgehead atoms. The molecule has 0 spiro atoms. The third kappa shape index (κ3) is 4.61. The van der Waals surface area contributed by atoms with Gasteiger partial charge in [0.05, 0.1) is 10.3 Å². The Labute approximate surface area is 155 Å². The Bertz CT molecular complexity index is 1010. The molecule has 0 fully saturated rings. The minimum atomic E-state index is -3.25. The van der Waals surface area contributed by atoms with E-state index in [-0.39, 0.29) is 10.3 Å². The summed E-state index contributed by atoms with van der Waals surface area (Å²) in [6.07, 6.45) is 1.16. The van der Waals surface area contributed by atoms with Gasteiger partial charge in [-0.05, 0) is 43.3 Å². The molecule has 0 aliphatic rings. The van der Waals surface area contributed by atoms with Crippen molar-refractivity contribution in [2.24, 2.45) is 0 Å². The lowest BCUT2D eigenvalue weighted by Gasteiger charge is -2.07. The van der Waals surface area contributed by atoms with Crippen molar-refractivity contribution in [2.45, 2.75) is 39.5 Å². The highest BCUT2D eigenvalue weighted by molar-refractivity contribution is 7.90. The van der Waals surface area contributed by atoms with Gasteiger partial charge in [-0.2, -0.15) is 0 Å². The van der Waals surface area contributed by atoms with Gasteiger partial charge in [-0.15, -0.1) is 0 Å². The first-order chi connectivity index (χ1) is 12.4. The first-order valence-corrected chi connectivity index (χ1v) is 10.6. The molecule has 0 amide bonds. The Morgan fingerprint density at radius 2 is 1.38 bits per heavy atom. The van der Waals surface area contributed by atoms with Crippen LogP contribution in [0.5, 0.6) is 0 Å². The number of fused-ring (bicyclic) bond motifs is 1. The second-order valence-electron chi connectivity index (χ2n) is 5.18. The summed E-state index contributed by atoms with van der Waals surface area (Å²) in [6, 6.07) is 13.4. The van der Waals surface area contributed by atoms with Gasteiger partial charge in [0.1, 0.15) is 11.3 Å². The van der Waals surface area contributed by atoms with Crippen molar-refractivity contribution in [3.8, 4) is 11.3 Å². The number of hydrogen-bond acceptors (Lipinski definition) is 4. The molecule has 0 saturated heterocycles. The summed E-state index contributed by atoms with van der Waals surface area (Å²) >= 11 is 0. The SMILES string of the molecule is CC.CC.Cc1c(-c2ccc(S(C)(=O)=O)cc2)oc2ccccc2c1=O. The monoisotopic (exact) mass is 374 g/mol. The standard InChI is InChI=1S/C17H14O4S.2C2H6/c1-11-16(18)14-5-3-4-6-15(14)21-17(11)12-7-9-13(10-8-12)22(2,19)20;2*1-2/h3-10H,1-2H3;2*1-2H3. The molecule has 0 aliphatic heterocycles. The third-order valence-electron chi connectivity index (χ3n) is 3.57. The topological polar surface area (TPSA) is 64.3 Å². The first kappa shape index (κ1) is 21.6. The predicted molar refractivity (Wildman–Crippen MR) is 108 cm³/mol. The number of rotatable bonds is 2. The number of para-hydroxylation sites is 1. The third-order valence-corrected chi connectivity index (χ3v) is 4.70. The van der Waals surface area contributed by atoms with Crippen LogP contribution in [0, 0.1) is 6.92 Å². The van der Waals surface area contributed by atoms with E-state index in [1.807, 2.05) is 27.7 Å². The number of hydrogen-bond donors (Lipinski definition) is 0. The second-order valence-corrected chi connectivity index (χ2v) is 7.19. The molecule has 0 N–H and O–H groups in total. The summed E-state index contributed by atoms with van der Waals surface area (Å²) < 4.78 is 28.8. The van der Waals surface area contributed by atoms with Gasteiger partial charge in [0.2, 0.25) is 0 Å². The van der Waals surface area contributed by atoms with Crippen molar-refractivity contribution >= 4 is 20.8 Å². The maximum absolute atomic E-state index is 12.4. The van der Waals surface area contributed by atoms with Crippen LogP contribution in [0.2, 0.25) is 0 Å². The summed E-state index contributed by atoms with van der Waals surface area (Å²) in [5.74, 6) is 0.462. The van der Waals surface area contributed by atoms with Crippen molar-refractivity contribution in [1.82, 2.24) is 0 Å². The van der Waals surface area contributed by atoms with E-state index in [0.717, 1.165) is 6.26 Å². The summed E-state index contributed by atoms with van der Waals surface area (Å²) in [5, 5.41) is 0.538. The van der Waals surface area contributed by atoms with Crippen LogP contribution in [-0.4, -0.2) is 14.7 Å². The molecule has 0 aliphatic carbocycles. The van der Waals surface area contributed by atoms with Crippen LogP contribution in [0.1, 0.15) is 33.3 Å². The minimum Gasteiger partial charge on any atom is -0.456 e. The molecule has 1 aromatic heterocycles. The van der Waals surface area contributed by atoms with Gasteiger partial charge in [-0.3, -0.25) is 4.79 Å². The average molecular weight is 375 g/mol. The quantitative estimate of drug-likeness (QED) is 0.616.